The van der Waals surface area contributed by atoms with Gasteiger partial charge in [0.25, 0.3) is 0 Å². The summed E-state index contributed by atoms with van der Waals surface area (Å²) in [7, 11) is 0. The smallest absolute Gasteiger partial charge is 0.140 e. The van der Waals surface area contributed by atoms with Crippen molar-refractivity contribution in [1.82, 2.24) is 14.8 Å². The molecule has 0 aliphatic heterocycles. The lowest BCUT2D eigenvalue weighted by Crippen LogP contribution is -2.34. The summed E-state index contributed by atoms with van der Waals surface area (Å²) in [6.07, 6.45) is 0.988. The van der Waals surface area contributed by atoms with Crippen molar-refractivity contribution in [3.05, 3.63) is 11.6 Å². The first-order chi connectivity index (χ1) is 6.59. The Morgan fingerprint density at radius 1 is 1.36 bits per heavy atom. The minimum atomic E-state index is -0.0444. The van der Waals surface area contributed by atoms with Gasteiger partial charge in [-0.25, -0.2) is 0 Å². The standard InChI is InChI=1S/C10H20N4/c1-5-10(4,7-11)9-13-12-8(3)14(9)6-2/h5-7,11H2,1-4H3. The van der Waals surface area contributed by atoms with Crippen LogP contribution in [0.15, 0.2) is 0 Å². The van der Waals surface area contributed by atoms with Crippen molar-refractivity contribution in [2.45, 2.75) is 46.1 Å². The van der Waals surface area contributed by atoms with E-state index in [9.17, 15) is 0 Å². The van der Waals surface area contributed by atoms with Gasteiger partial charge < -0.3 is 10.3 Å². The molecule has 1 unspecified atom stereocenters. The predicted molar refractivity (Wildman–Crippen MR) is 57.1 cm³/mol. The third kappa shape index (κ3) is 1.66. The molecule has 0 saturated heterocycles. The Labute approximate surface area is 85.5 Å². The highest BCUT2D eigenvalue weighted by molar-refractivity contribution is 5.09. The van der Waals surface area contributed by atoms with E-state index in [0.717, 1.165) is 24.6 Å². The molecule has 0 bridgehead atoms. The van der Waals surface area contributed by atoms with Crippen LogP contribution in [0.4, 0.5) is 0 Å². The zero-order valence-electron chi connectivity index (χ0n) is 9.54. The molecule has 0 aliphatic carbocycles. The Balaban J connectivity index is 3.16. The van der Waals surface area contributed by atoms with Crippen LogP contribution in [-0.4, -0.2) is 21.3 Å². The van der Waals surface area contributed by atoms with E-state index in [2.05, 4.69) is 35.5 Å². The lowest BCUT2D eigenvalue weighted by atomic mass is 9.86. The summed E-state index contributed by atoms with van der Waals surface area (Å²) < 4.78 is 2.14. The van der Waals surface area contributed by atoms with Gasteiger partial charge in [0.2, 0.25) is 0 Å². The third-order valence-corrected chi connectivity index (χ3v) is 3.02. The van der Waals surface area contributed by atoms with Crippen LogP contribution >= 0.6 is 0 Å². The second-order valence-electron chi connectivity index (χ2n) is 3.93. The molecule has 1 rings (SSSR count). The molecule has 0 aromatic carbocycles. The summed E-state index contributed by atoms with van der Waals surface area (Å²) in [4.78, 5) is 0. The van der Waals surface area contributed by atoms with Crippen molar-refractivity contribution >= 4 is 0 Å². The largest absolute Gasteiger partial charge is 0.329 e. The molecule has 0 saturated carbocycles. The summed E-state index contributed by atoms with van der Waals surface area (Å²) >= 11 is 0. The monoisotopic (exact) mass is 196 g/mol. The number of aryl methyl sites for hydroxylation is 1. The molecule has 4 nitrogen and oxygen atoms in total. The van der Waals surface area contributed by atoms with E-state index in [4.69, 9.17) is 5.73 Å². The van der Waals surface area contributed by atoms with E-state index in [-0.39, 0.29) is 5.41 Å². The van der Waals surface area contributed by atoms with Crippen LogP contribution in [-0.2, 0) is 12.0 Å². The molecule has 1 heterocycles. The predicted octanol–water partition coefficient (Wildman–Crippen LogP) is 1.23. The Morgan fingerprint density at radius 3 is 2.43 bits per heavy atom. The Morgan fingerprint density at radius 2 is 2.00 bits per heavy atom. The van der Waals surface area contributed by atoms with Gasteiger partial charge in [0.1, 0.15) is 11.6 Å². The molecule has 2 N–H and O–H groups in total. The van der Waals surface area contributed by atoms with Crippen LogP contribution in [0.25, 0.3) is 0 Å². The molecule has 1 atom stereocenters. The fourth-order valence-corrected chi connectivity index (χ4v) is 1.60. The molecule has 0 amide bonds. The van der Waals surface area contributed by atoms with Crippen molar-refractivity contribution in [3.8, 4) is 0 Å². The van der Waals surface area contributed by atoms with Gasteiger partial charge in [-0.05, 0) is 20.3 Å². The molecule has 0 spiro atoms. The zero-order valence-corrected chi connectivity index (χ0v) is 9.54. The molecule has 1 aromatic heterocycles. The molecule has 1 aromatic rings. The fourth-order valence-electron chi connectivity index (χ4n) is 1.60. The normalized spacial score (nSPS) is 15.5. The molecule has 0 aliphatic rings. The Hall–Kier alpha value is -0.900. The number of hydrogen-bond donors (Lipinski definition) is 1. The minimum absolute atomic E-state index is 0.0444. The first kappa shape index (κ1) is 11.2. The highest BCUT2D eigenvalue weighted by Crippen LogP contribution is 2.24. The average Bonchev–Trinajstić information content (AvgIpc) is 2.58. The van der Waals surface area contributed by atoms with Crippen LogP contribution in [0.2, 0.25) is 0 Å². The molecule has 0 radical (unpaired) electrons. The number of nitrogens with zero attached hydrogens (tertiary/aromatic N) is 3. The maximum atomic E-state index is 5.80. The average molecular weight is 196 g/mol. The fraction of sp³-hybridized carbons (Fsp3) is 0.800. The van der Waals surface area contributed by atoms with Crippen molar-refractivity contribution in [2.75, 3.05) is 6.54 Å². The number of nitrogens with two attached hydrogens (primary N) is 1. The number of aromatic nitrogens is 3. The van der Waals surface area contributed by atoms with Crippen LogP contribution < -0.4 is 5.73 Å². The first-order valence-electron chi connectivity index (χ1n) is 5.19. The lowest BCUT2D eigenvalue weighted by Gasteiger charge is -2.25. The summed E-state index contributed by atoms with van der Waals surface area (Å²) in [6.45, 7) is 9.88. The molecule has 4 heteroatoms. The quantitative estimate of drug-likeness (QED) is 0.788. The summed E-state index contributed by atoms with van der Waals surface area (Å²) in [5.74, 6) is 1.98. The van der Waals surface area contributed by atoms with E-state index >= 15 is 0 Å². The van der Waals surface area contributed by atoms with Crippen LogP contribution in [0.3, 0.4) is 0 Å². The highest BCUT2D eigenvalue weighted by atomic mass is 15.3. The first-order valence-corrected chi connectivity index (χ1v) is 5.19. The number of rotatable bonds is 4. The third-order valence-electron chi connectivity index (χ3n) is 3.02. The molecular weight excluding hydrogens is 176 g/mol. The molecule has 0 fully saturated rings. The zero-order chi connectivity index (χ0) is 10.8. The van der Waals surface area contributed by atoms with Crippen molar-refractivity contribution in [2.24, 2.45) is 5.73 Å². The van der Waals surface area contributed by atoms with Gasteiger partial charge in [-0.2, -0.15) is 0 Å². The highest BCUT2D eigenvalue weighted by Gasteiger charge is 2.29. The van der Waals surface area contributed by atoms with E-state index in [1.165, 1.54) is 0 Å². The maximum absolute atomic E-state index is 5.80. The lowest BCUT2D eigenvalue weighted by molar-refractivity contribution is 0.414. The summed E-state index contributed by atoms with van der Waals surface area (Å²) in [5, 5.41) is 8.34. The Bertz CT molecular complexity index is 299. The molecule has 80 valence electrons. The van der Waals surface area contributed by atoms with Gasteiger partial charge in [0, 0.05) is 18.5 Å². The molecular formula is C10H20N4. The maximum Gasteiger partial charge on any atom is 0.140 e. The van der Waals surface area contributed by atoms with Crippen molar-refractivity contribution < 1.29 is 0 Å². The van der Waals surface area contributed by atoms with E-state index in [0.29, 0.717) is 6.54 Å². The van der Waals surface area contributed by atoms with Gasteiger partial charge in [0.05, 0.1) is 0 Å². The molecule has 14 heavy (non-hydrogen) atoms. The van der Waals surface area contributed by atoms with E-state index < -0.39 is 0 Å². The SMILES string of the molecule is CCn1c(C)nnc1C(C)(CC)CN. The van der Waals surface area contributed by atoms with Gasteiger partial charge >= 0.3 is 0 Å². The summed E-state index contributed by atoms with van der Waals surface area (Å²) in [5.41, 5.74) is 5.76. The van der Waals surface area contributed by atoms with Crippen molar-refractivity contribution in [3.63, 3.8) is 0 Å². The van der Waals surface area contributed by atoms with E-state index in [1.807, 2.05) is 6.92 Å². The second kappa shape index (κ2) is 4.09. The number of hydrogen-bond acceptors (Lipinski definition) is 3. The summed E-state index contributed by atoms with van der Waals surface area (Å²) in [6, 6.07) is 0. The van der Waals surface area contributed by atoms with Gasteiger partial charge in [-0.15, -0.1) is 10.2 Å². The topological polar surface area (TPSA) is 56.7 Å². The van der Waals surface area contributed by atoms with Gasteiger partial charge in [-0.3, -0.25) is 0 Å². The minimum Gasteiger partial charge on any atom is -0.329 e. The van der Waals surface area contributed by atoms with Crippen molar-refractivity contribution in [1.29, 1.82) is 0 Å². The second-order valence-corrected chi connectivity index (χ2v) is 3.93. The van der Waals surface area contributed by atoms with Gasteiger partial charge in [0.15, 0.2) is 0 Å². The Kier molecular flexibility index (Phi) is 3.26. The van der Waals surface area contributed by atoms with Crippen LogP contribution in [0.5, 0.6) is 0 Å². The van der Waals surface area contributed by atoms with Crippen LogP contribution in [0, 0.1) is 6.92 Å². The van der Waals surface area contributed by atoms with Gasteiger partial charge in [-0.1, -0.05) is 13.8 Å². The van der Waals surface area contributed by atoms with E-state index in [1.54, 1.807) is 0 Å². The van der Waals surface area contributed by atoms with Crippen LogP contribution in [0.1, 0.15) is 38.8 Å².